The fourth-order valence-electron chi connectivity index (χ4n) is 3.00. The number of benzene rings is 2. The van der Waals surface area contributed by atoms with E-state index in [9.17, 15) is 4.57 Å². The molecule has 0 radical (unpaired) electrons. The van der Waals surface area contributed by atoms with Crippen LogP contribution in [0.4, 0.5) is 0 Å². The number of hydrogen-bond donors (Lipinski definition) is 0. The molecule has 98 valence electrons. The highest BCUT2D eigenvalue weighted by Gasteiger charge is 2.31. The first-order chi connectivity index (χ1) is 9.28. The average Bonchev–Trinajstić information content (AvgIpc) is 2.50. The van der Waals surface area contributed by atoms with Crippen molar-refractivity contribution in [3.05, 3.63) is 66.2 Å². The fourth-order valence-corrected chi connectivity index (χ4v) is 5.91. The van der Waals surface area contributed by atoms with Gasteiger partial charge in [-0.1, -0.05) is 60.7 Å². The molecule has 2 heteroatoms. The Morgan fingerprint density at radius 1 is 0.789 bits per heavy atom. The molecular formula is C17H19OP. The summed E-state index contributed by atoms with van der Waals surface area (Å²) in [4.78, 5) is 0. The van der Waals surface area contributed by atoms with E-state index >= 15 is 0 Å². The van der Waals surface area contributed by atoms with Gasteiger partial charge in [-0.2, -0.15) is 0 Å². The summed E-state index contributed by atoms with van der Waals surface area (Å²) in [5, 5.41) is 1.07. The Morgan fingerprint density at radius 2 is 1.32 bits per heavy atom. The van der Waals surface area contributed by atoms with E-state index in [1.54, 1.807) is 0 Å². The van der Waals surface area contributed by atoms with Crippen LogP contribution in [0.25, 0.3) is 0 Å². The highest BCUT2D eigenvalue weighted by molar-refractivity contribution is 7.71. The molecular weight excluding hydrogens is 251 g/mol. The van der Waals surface area contributed by atoms with Crippen LogP contribution < -0.4 is 5.30 Å². The van der Waals surface area contributed by atoms with E-state index in [2.05, 4.69) is 30.3 Å². The largest absolute Gasteiger partial charge is 0.319 e. The second-order valence-corrected chi connectivity index (χ2v) is 8.55. The highest BCUT2D eigenvalue weighted by Crippen LogP contribution is 2.52. The molecule has 0 unspecified atom stereocenters. The predicted octanol–water partition coefficient (Wildman–Crippen LogP) is 4.25. The molecule has 0 atom stereocenters. The summed E-state index contributed by atoms with van der Waals surface area (Å²) in [6.45, 7) is 0. The summed E-state index contributed by atoms with van der Waals surface area (Å²) in [6, 6.07) is 20.7. The van der Waals surface area contributed by atoms with E-state index in [0.29, 0.717) is 5.92 Å². The first-order valence-electron chi connectivity index (χ1n) is 6.97. The summed E-state index contributed by atoms with van der Waals surface area (Å²) in [5.41, 5.74) is 1.40. The smallest absolute Gasteiger partial charge is 0.115 e. The third-order valence-electron chi connectivity index (χ3n) is 4.18. The van der Waals surface area contributed by atoms with E-state index in [0.717, 1.165) is 30.5 Å². The van der Waals surface area contributed by atoms with E-state index < -0.39 is 7.14 Å². The summed E-state index contributed by atoms with van der Waals surface area (Å²) in [5.74, 6) is 0.590. The molecule has 1 saturated heterocycles. The highest BCUT2D eigenvalue weighted by atomic mass is 31.2. The number of hydrogen-bond acceptors (Lipinski definition) is 1. The normalized spacial score (nSPS) is 27.1. The maximum Gasteiger partial charge on any atom is 0.115 e. The summed E-state index contributed by atoms with van der Waals surface area (Å²) in [6.07, 6.45) is 3.82. The van der Waals surface area contributed by atoms with Crippen molar-refractivity contribution in [1.82, 2.24) is 0 Å². The summed E-state index contributed by atoms with van der Waals surface area (Å²) in [7, 11) is -2.12. The first-order valence-corrected chi connectivity index (χ1v) is 9.04. The molecule has 1 nitrogen and oxygen atoms in total. The van der Waals surface area contributed by atoms with Crippen LogP contribution in [-0.4, -0.2) is 12.3 Å². The first kappa shape index (κ1) is 12.7. The van der Waals surface area contributed by atoms with Crippen LogP contribution in [0.3, 0.4) is 0 Å². The van der Waals surface area contributed by atoms with Gasteiger partial charge in [0.2, 0.25) is 0 Å². The Labute approximate surface area is 115 Å². The molecule has 1 fully saturated rings. The number of rotatable bonds is 2. The van der Waals surface area contributed by atoms with Crippen molar-refractivity contribution in [2.45, 2.75) is 18.8 Å². The molecule has 0 aromatic heterocycles. The van der Waals surface area contributed by atoms with E-state index in [4.69, 9.17) is 0 Å². The minimum absolute atomic E-state index is 0.590. The lowest BCUT2D eigenvalue weighted by Crippen LogP contribution is -2.19. The van der Waals surface area contributed by atoms with Gasteiger partial charge in [0.15, 0.2) is 0 Å². The molecule has 2 aromatic rings. The fraction of sp³-hybridized carbons (Fsp3) is 0.294. The monoisotopic (exact) mass is 270 g/mol. The van der Waals surface area contributed by atoms with Crippen molar-refractivity contribution in [2.24, 2.45) is 0 Å². The Hall–Kier alpha value is -1.33. The molecule has 0 aliphatic carbocycles. The van der Waals surface area contributed by atoms with Gasteiger partial charge >= 0.3 is 0 Å². The SMILES string of the molecule is O=P1(c2ccccc2)CCC(c2ccccc2)CC1. The summed E-state index contributed by atoms with van der Waals surface area (Å²) < 4.78 is 13.0. The van der Waals surface area contributed by atoms with Gasteiger partial charge < -0.3 is 4.57 Å². The molecule has 0 bridgehead atoms. The van der Waals surface area contributed by atoms with Gasteiger partial charge in [-0.25, -0.2) is 0 Å². The summed E-state index contributed by atoms with van der Waals surface area (Å²) >= 11 is 0. The van der Waals surface area contributed by atoms with Gasteiger partial charge in [-0.3, -0.25) is 0 Å². The molecule has 0 N–H and O–H groups in total. The third kappa shape index (κ3) is 2.67. The lowest BCUT2D eigenvalue weighted by molar-refractivity contribution is 0.548. The molecule has 0 spiro atoms. The van der Waals surface area contributed by atoms with Crippen molar-refractivity contribution in [1.29, 1.82) is 0 Å². The van der Waals surface area contributed by atoms with Gasteiger partial charge in [0.05, 0.1) is 0 Å². The second-order valence-electron chi connectivity index (χ2n) is 5.36. The van der Waals surface area contributed by atoms with E-state index in [1.807, 2.05) is 30.3 Å². The van der Waals surface area contributed by atoms with Crippen molar-refractivity contribution in [3.8, 4) is 0 Å². The molecule has 0 saturated carbocycles. The van der Waals surface area contributed by atoms with E-state index in [1.165, 1.54) is 5.56 Å². The Morgan fingerprint density at radius 3 is 1.89 bits per heavy atom. The van der Waals surface area contributed by atoms with Crippen molar-refractivity contribution in [3.63, 3.8) is 0 Å². The lowest BCUT2D eigenvalue weighted by Gasteiger charge is -2.29. The van der Waals surface area contributed by atoms with Crippen LogP contribution in [0, 0.1) is 0 Å². The predicted molar refractivity (Wildman–Crippen MR) is 81.8 cm³/mol. The minimum Gasteiger partial charge on any atom is -0.319 e. The maximum atomic E-state index is 13.0. The van der Waals surface area contributed by atoms with Crippen molar-refractivity contribution >= 4 is 12.4 Å². The van der Waals surface area contributed by atoms with E-state index in [-0.39, 0.29) is 0 Å². The standard InChI is InChI=1S/C17H19OP/c18-19(17-9-5-2-6-10-17)13-11-16(12-14-19)15-7-3-1-4-8-15/h1-10,16H,11-14H2. The van der Waals surface area contributed by atoms with Crippen LogP contribution in [0.2, 0.25) is 0 Å². The Balaban J connectivity index is 1.75. The average molecular weight is 270 g/mol. The molecule has 3 rings (SSSR count). The Bertz CT molecular complexity index is 565. The quantitative estimate of drug-likeness (QED) is 0.745. The minimum atomic E-state index is -2.12. The molecule has 19 heavy (non-hydrogen) atoms. The lowest BCUT2D eigenvalue weighted by atomic mass is 9.94. The van der Waals surface area contributed by atoms with Gasteiger partial charge in [-0.15, -0.1) is 0 Å². The van der Waals surface area contributed by atoms with Crippen LogP contribution in [0.1, 0.15) is 24.3 Å². The van der Waals surface area contributed by atoms with Gasteiger partial charge in [0, 0.05) is 17.6 Å². The molecule has 1 aliphatic heterocycles. The van der Waals surface area contributed by atoms with Gasteiger partial charge in [0.25, 0.3) is 0 Å². The zero-order valence-electron chi connectivity index (χ0n) is 11.0. The van der Waals surface area contributed by atoms with Crippen LogP contribution in [0.5, 0.6) is 0 Å². The van der Waals surface area contributed by atoms with Crippen LogP contribution >= 0.6 is 7.14 Å². The zero-order valence-corrected chi connectivity index (χ0v) is 11.9. The van der Waals surface area contributed by atoms with Crippen molar-refractivity contribution in [2.75, 3.05) is 12.3 Å². The van der Waals surface area contributed by atoms with Crippen LogP contribution in [-0.2, 0) is 4.57 Å². The Kier molecular flexibility index (Phi) is 3.57. The van der Waals surface area contributed by atoms with Crippen molar-refractivity contribution < 1.29 is 4.57 Å². The van der Waals surface area contributed by atoms with Gasteiger partial charge in [-0.05, 0) is 24.3 Å². The van der Waals surface area contributed by atoms with Gasteiger partial charge in [0.1, 0.15) is 7.14 Å². The van der Waals surface area contributed by atoms with Crippen LogP contribution in [0.15, 0.2) is 60.7 Å². The molecule has 1 heterocycles. The molecule has 1 aliphatic rings. The topological polar surface area (TPSA) is 17.1 Å². The maximum absolute atomic E-state index is 13.0. The molecule has 2 aromatic carbocycles. The second kappa shape index (κ2) is 5.35. The third-order valence-corrected chi connectivity index (χ3v) is 7.38. The zero-order chi connectivity index (χ0) is 13.1. The molecule has 0 amide bonds.